The highest BCUT2D eigenvalue weighted by molar-refractivity contribution is 5.91. The molecule has 0 saturated heterocycles. The van der Waals surface area contributed by atoms with Gasteiger partial charge in [0, 0.05) is 12.1 Å². The van der Waals surface area contributed by atoms with Gasteiger partial charge in [0.2, 0.25) is 5.91 Å². The number of anilines is 1. The molecule has 0 aliphatic carbocycles. The Labute approximate surface area is 214 Å². The van der Waals surface area contributed by atoms with Crippen molar-refractivity contribution < 1.29 is 33.8 Å². The monoisotopic (exact) mass is 506 g/mol. The van der Waals surface area contributed by atoms with Crippen molar-refractivity contribution in [1.82, 2.24) is 5.32 Å². The van der Waals surface area contributed by atoms with Crippen molar-refractivity contribution in [3.05, 3.63) is 29.8 Å². The van der Waals surface area contributed by atoms with Crippen LogP contribution in [0.2, 0.25) is 0 Å². The topological polar surface area (TPSA) is 131 Å². The number of carboxylic acid groups (broad SMARTS) is 1. The second kappa shape index (κ2) is 14.5. The first-order valence-electron chi connectivity index (χ1n) is 12.7. The Morgan fingerprint density at radius 1 is 0.917 bits per heavy atom. The minimum absolute atomic E-state index is 0.0682. The van der Waals surface area contributed by atoms with E-state index in [1.54, 1.807) is 58.9 Å². The summed E-state index contributed by atoms with van der Waals surface area (Å²) in [5.41, 5.74) is -0.737. The first-order chi connectivity index (χ1) is 16.9. The number of hydrogen-bond donors (Lipinski definition) is 3. The van der Waals surface area contributed by atoms with E-state index in [9.17, 15) is 19.2 Å². The summed E-state index contributed by atoms with van der Waals surface area (Å²) in [4.78, 5) is 48.4. The number of nitrogens with one attached hydrogen (secondary N) is 2. The van der Waals surface area contributed by atoms with Crippen molar-refractivity contribution in [1.29, 1.82) is 0 Å². The number of ether oxygens (including phenoxy) is 2. The van der Waals surface area contributed by atoms with Crippen LogP contribution in [0.5, 0.6) is 0 Å². The van der Waals surface area contributed by atoms with Crippen LogP contribution in [0, 0.1) is 0 Å². The lowest BCUT2D eigenvalue weighted by molar-refractivity contribution is -0.168. The van der Waals surface area contributed by atoms with Gasteiger partial charge in [0.05, 0.1) is 6.04 Å². The van der Waals surface area contributed by atoms with Gasteiger partial charge >= 0.3 is 18.0 Å². The molecule has 1 aromatic carbocycles. The number of unbranched alkanes of at least 4 members (excludes halogenated alkanes) is 3. The molecule has 0 radical (unpaired) electrons. The van der Waals surface area contributed by atoms with E-state index in [1.807, 2.05) is 0 Å². The van der Waals surface area contributed by atoms with E-state index in [-0.39, 0.29) is 5.91 Å². The van der Waals surface area contributed by atoms with Crippen molar-refractivity contribution in [3.8, 4) is 0 Å². The quantitative estimate of drug-likeness (QED) is 0.167. The Kier molecular flexibility index (Phi) is 12.4. The SMILES string of the molecule is CCCCCCC(=O)Nc1ccc(C(NC(=O)OC(C)(C)C)C(CC)(CC)OC(=O)CC(=O)O)cc1. The molecule has 9 nitrogen and oxygen atoms in total. The molecule has 1 atom stereocenters. The second-order valence-electron chi connectivity index (χ2n) is 9.88. The molecule has 0 aliphatic rings. The molecular formula is C27H42N2O7. The predicted molar refractivity (Wildman–Crippen MR) is 138 cm³/mol. The van der Waals surface area contributed by atoms with Gasteiger partial charge in [-0.1, -0.05) is 52.2 Å². The first-order valence-corrected chi connectivity index (χ1v) is 12.7. The number of alkyl carbamates (subject to hydrolysis) is 1. The molecule has 9 heteroatoms. The van der Waals surface area contributed by atoms with Crippen molar-refractivity contribution in [2.45, 2.75) is 110 Å². The molecule has 0 bridgehead atoms. The van der Waals surface area contributed by atoms with E-state index in [0.717, 1.165) is 25.7 Å². The summed E-state index contributed by atoms with van der Waals surface area (Å²) < 4.78 is 11.1. The zero-order chi connectivity index (χ0) is 27.4. The van der Waals surface area contributed by atoms with Gasteiger partial charge in [0.15, 0.2) is 0 Å². The van der Waals surface area contributed by atoms with Crippen molar-refractivity contribution in [2.75, 3.05) is 5.32 Å². The number of aliphatic carboxylic acids is 1. The van der Waals surface area contributed by atoms with Crippen LogP contribution in [0.1, 0.15) is 105 Å². The number of hydrogen-bond acceptors (Lipinski definition) is 6. The lowest BCUT2D eigenvalue weighted by Gasteiger charge is -2.39. The van der Waals surface area contributed by atoms with E-state index in [4.69, 9.17) is 14.6 Å². The molecule has 202 valence electrons. The minimum atomic E-state index is -1.30. The summed E-state index contributed by atoms with van der Waals surface area (Å²) in [5, 5.41) is 14.7. The van der Waals surface area contributed by atoms with Crippen LogP contribution in [-0.4, -0.2) is 40.2 Å². The van der Waals surface area contributed by atoms with E-state index in [0.29, 0.717) is 30.5 Å². The van der Waals surface area contributed by atoms with Gasteiger partial charge in [-0.15, -0.1) is 0 Å². The Bertz CT molecular complexity index is 871. The average molecular weight is 507 g/mol. The molecule has 0 saturated carbocycles. The van der Waals surface area contributed by atoms with Gasteiger partial charge in [-0.25, -0.2) is 4.79 Å². The summed E-state index contributed by atoms with van der Waals surface area (Å²) >= 11 is 0. The third-order valence-corrected chi connectivity index (χ3v) is 5.78. The summed E-state index contributed by atoms with van der Waals surface area (Å²) in [6.45, 7) is 10.9. The van der Waals surface area contributed by atoms with Gasteiger partial charge in [-0.2, -0.15) is 0 Å². The van der Waals surface area contributed by atoms with Crippen LogP contribution < -0.4 is 10.6 Å². The number of esters is 1. The second-order valence-corrected chi connectivity index (χ2v) is 9.88. The van der Waals surface area contributed by atoms with Gasteiger partial charge in [0.25, 0.3) is 0 Å². The normalized spacial score (nSPS) is 12.4. The largest absolute Gasteiger partial charge is 0.481 e. The fourth-order valence-electron chi connectivity index (χ4n) is 3.89. The number of carbonyl (C=O) groups excluding carboxylic acids is 3. The van der Waals surface area contributed by atoms with E-state index in [2.05, 4.69) is 17.6 Å². The number of carbonyl (C=O) groups is 4. The number of carboxylic acids is 1. The molecule has 1 unspecified atom stereocenters. The fraction of sp³-hybridized carbons (Fsp3) is 0.630. The zero-order valence-electron chi connectivity index (χ0n) is 22.4. The molecule has 36 heavy (non-hydrogen) atoms. The summed E-state index contributed by atoms with van der Waals surface area (Å²) in [5.74, 6) is -2.26. The van der Waals surface area contributed by atoms with Crippen LogP contribution >= 0.6 is 0 Å². The van der Waals surface area contributed by atoms with E-state index < -0.39 is 41.7 Å². The Balaban J connectivity index is 3.20. The van der Waals surface area contributed by atoms with E-state index >= 15 is 0 Å². The average Bonchev–Trinajstić information content (AvgIpc) is 2.78. The zero-order valence-corrected chi connectivity index (χ0v) is 22.4. The van der Waals surface area contributed by atoms with Gasteiger partial charge in [-0.05, 0) is 57.7 Å². The third kappa shape index (κ3) is 10.7. The third-order valence-electron chi connectivity index (χ3n) is 5.78. The molecule has 0 spiro atoms. The Morgan fingerprint density at radius 2 is 1.53 bits per heavy atom. The lowest BCUT2D eigenvalue weighted by atomic mass is 9.83. The lowest BCUT2D eigenvalue weighted by Crippen LogP contribution is -2.49. The predicted octanol–water partition coefficient (Wildman–Crippen LogP) is 5.74. The van der Waals surface area contributed by atoms with Gasteiger partial charge in [-0.3, -0.25) is 14.4 Å². The van der Waals surface area contributed by atoms with Crippen LogP contribution in [0.3, 0.4) is 0 Å². The molecule has 3 N–H and O–H groups in total. The van der Waals surface area contributed by atoms with Crippen LogP contribution in [0.15, 0.2) is 24.3 Å². The van der Waals surface area contributed by atoms with Crippen LogP contribution in [0.25, 0.3) is 0 Å². The molecule has 0 heterocycles. The van der Waals surface area contributed by atoms with Gasteiger partial charge < -0.3 is 25.2 Å². The highest BCUT2D eigenvalue weighted by Crippen LogP contribution is 2.37. The minimum Gasteiger partial charge on any atom is -0.481 e. The molecule has 2 amide bonds. The van der Waals surface area contributed by atoms with Crippen LogP contribution in [-0.2, 0) is 23.9 Å². The van der Waals surface area contributed by atoms with Crippen molar-refractivity contribution in [3.63, 3.8) is 0 Å². The van der Waals surface area contributed by atoms with Crippen LogP contribution in [0.4, 0.5) is 10.5 Å². The molecule has 1 aromatic rings. The maximum absolute atomic E-state index is 12.7. The number of benzene rings is 1. The molecule has 0 aromatic heterocycles. The molecule has 0 aliphatic heterocycles. The Hall–Kier alpha value is -3.10. The molecule has 0 fully saturated rings. The van der Waals surface area contributed by atoms with Crippen molar-refractivity contribution in [2.24, 2.45) is 0 Å². The van der Waals surface area contributed by atoms with Gasteiger partial charge in [0.1, 0.15) is 17.6 Å². The number of rotatable bonds is 14. The molecule has 1 rings (SSSR count). The highest BCUT2D eigenvalue weighted by Gasteiger charge is 2.42. The van der Waals surface area contributed by atoms with Crippen molar-refractivity contribution >= 4 is 29.6 Å². The van der Waals surface area contributed by atoms with E-state index in [1.165, 1.54) is 0 Å². The summed E-state index contributed by atoms with van der Waals surface area (Å²) in [6, 6.07) is 6.09. The highest BCUT2D eigenvalue weighted by atomic mass is 16.6. The maximum atomic E-state index is 12.7. The molecular weight excluding hydrogens is 464 g/mol. The standard InChI is InChI=1S/C27H42N2O7/c1-7-10-11-12-13-21(30)28-20-16-14-19(15-17-20)24(29-25(34)36-26(4,5)6)27(8-2,9-3)35-23(33)18-22(31)32/h14-17,24H,7-13,18H2,1-6H3,(H,28,30)(H,29,34)(H,31,32). The maximum Gasteiger partial charge on any atom is 0.408 e. The fourth-order valence-corrected chi connectivity index (χ4v) is 3.89. The smallest absolute Gasteiger partial charge is 0.408 e. The summed E-state index contributed by atoms with van der Waals surface area (Å²) in [7, 11) is 0. The summed E-state index contributed by atoms with van der Waals surface area (Å²) in [6.07, 6.45) is 3.62. The number of amides is 2. The Morgan fingerprint density at radius 3 is 2.03 bits per heavy atom. The first kappa shape index (κ1) is 30.9.